The third-order valence-corrected chi connectivity index (χ3v) is 17.7. The number of hydrogen-bond donors (Lipinski definition) is 0. The van der Waals surface area contributed by atoms with Crippen molar-refractivity contribution in [2.24, 2.45) is 49.2 Å². The Labute approximate surface area is 383 Å². The van der Waals surface area contributed by atoms with Gasteiger partial charge >= 0.3 is 26.2 Å². The summed E-state index contributed by atoms with van der Waals surface area (Å²) >= 11 is 0. The number of allylic oxidation sites excluding steroid dienone is 17. The molecule has 3 heteroatoms. The van der Waals surface area contributed by atoms with Crippen LogP contribution in [0.2, 0.25) is 0 Å². The summed E-state index contributed by atoms with van der Waals surface area (Å²) < 4.78 is 0. The summed E-state index contributed by atoms with van der Waals surface area (Å²) in [6, 6.07) is 18.6. The molecule has 0 amide bonds. The smallest absolute Gasteiger partial charge is 1.00 e. The summed E-state index contributed by atoms with van der Waals surface area (Å²) in [6.45, 7) is 34.8. The van der Waals surface area contributed by atoms with Gasteiger partial charge in [-0.1, -0.05) is 213 Å². The van der Waals surface area contributed by atoms with Crippen molar-refractivity contribution in [1.82, 2.24) is 0 Å². The van der Waals surface area contributed by atoms with E-state index >= 15 is 0 Å². The van der Waals surface area contributed by atoms with Gasteiger partial charge in [-0.3, -0.25) is 0 Å². The minimum absolute atomic E-state index is 0. The molecule has 2 aromatic carbocycles. The molecule has 0 aliphatic heterocycles. The molecule has 1 radical (unpaired) electrons. The first kappa shape index (κ1) is 46.5. The van der Waals surface area contributed by atoms with Crippen LogP contribution in [0.3, 0.4) is 0 Å². The van der Waals surface area contributed by atoms with Crippen LogP contribution in [0.1, 0.15) is 112 Å². The first-order valence-electron chi connectivity index (χ1n) is 21.1. The van der Waals surface area contributed by atoms with E-state index in [9.17, 15) is 0 Å². The van der Waals surface area contributed by atoms with Crippen LogP contribution in [-0.4, -0.2) is 0 Å². The van der Waals surface area contributed by atoms with Gasteiger partial charge in [-0.25, -0.2) is 12.0 Å². The van der Waals surface area contributed by atoms with E-state index in [1.54, 1.807) is 0 Å². The molecule has 8 rings (SSSR count). The van der Waals surface area contributed by atoms with Crippen LogP contribution in [0.5, 0.6) is 0 Å². The number of benzene rings is 2. The van der Waals surface area contributed by atoms with E-state index < -0.39 is 0 Å². The molecule has 0 aromatic heterocycles. The minimum Gasteiger partial charge on any atom is -1.00 e. The molecule has 0 nitrogen and oxygen atoms in total. The predicted molar refractivity (Wildman–Crippen MR) is 236 cm³/mol. The molecule has 2 fully saturated rings. The molecule has 6 aliphatic carbocycles. The average Bonchev–Trinajstić information content (AvgIpc) is 3.66. The normalized spacial score (nSPS) is 36.5. The Kier molecular flexibility index (Phi) is 11.9. The van der Waals surface area contributed by atoms with Gasteiger partial charge < -0.3 is 24.8 Å². The first-order valence-corrected chi connectivity index (χ1v) is 21.1. The van der Waals surface area contributed by atoms with Crippen LogP contribution in [0.4, 0.5) is 0 Å². The molecule has 6 aliphatic rings. The summed E-state index contributed by atoms with van der Waals surface area (Å²) in [6.07, 6.45) is 31.5. The van der Waals surface area contributed by atoms with Crippen LogP contribution in [0.25, 0.3) is 5.57 Å². The fourth-order valence-corrected chi connectivity index (χ4v) is 13.3. The van der Waals surface area contributed by atoms with Gasteiger partial charge in [-0.15, -0.1) is 0 Å². The topological polar surface area (TPSA) is 0 Å². The molecule has 0 spiro atoms. The van der Waals surface area contributed by atoms with Crippen molar-refractivity contribution in [3.63, 3.8) is 0 Å². The van der Waals surface area contributed by atoms with Crippen LogP contribution in [0.15, 0.2) is 149 Å². The predicted octanol–water partition coefficient (Wildman–Crippen LogP) is 8.83. The third kappa shape index (κ3) is 5.50. The van der Waals surface area contributed by atoms with Gasteiger partial charge in [0.2, 0.25) is 0 Å². The summed E-state index contributed by atoms with van der Waals surface area (Å²) in [5.74, 6) is 0.353. The van der Waals surface area contributed by atoms with Gasteiger partial charge in [0.05, 0.1) is 0 Å². The van der Waals surface area contributed by atoms with E-state index in [0.717, 1.165) is 6.42 Å². The van der Waals surface area contributed by atoms with Crippen molar-refractivity contribution in [3.05, 3.63) is 177 Å². The molecule has 2 saturated carbocycles. The van der Waals surface area contributed by atoms with Gasteiger partial charge in [0.15, 0.2) is 0 Å². The maximum atomic E-state index is 2.78. The van der Waals surface area contributed by atoms with Crippen LogP contribution < -0.4 is 24.8 Å². The van der Waals surface area contributed by atoms with Crippen LogP contribution in [-0.2, 0) is 26.2 Å². The van der Waals surface area contributed by atoms with Crippen molar-refractivity contribution in [2.45, 2.75) is 103 Å². The maximum Gasteiger partial charge on any atom is 3.00 e. The van der Waals surface area contributed by atoms with E-state index in [1.165, 1.54) is 61.3 Å². The van der Waals surface area contributed by atoms with E-state index in [0.29, 0.717) is 5.92 Å². The van der Waals surface area contributed by atoms with Crippen LogP contribution in [0, 0.1) is 69.5 Å². The fraction of sp³-hybridized carbons (Fsp3) is 0.436. The molecule has 0 saturated heterocycles. The Bertz CT molecular complexity index is 2230. The molecule has 0 heterocycles. The zero-order valence-corrected chi connectivity index (χ0v) is 41.6. The van der Waals surface area contributed by atoms with E-state index in [2.05, 4.69) is 219 Å². The van der Waals surface area contributed by atoms with E-state index in [-0.39, 0.29) is 94.3 Å². The van der Waals surface area contributed by atoms with Gasteiger partial charge in [0.1, 0.15) is 0 Å². The molecule has 303 valence electrons. The second-order valence-electron chi connectivity index (χ2n) is 20.4. The summed E-state index contributed by atoms with van der Waals surface area (Å²) in [7, 11) is 0. The van der Waals surface area contributed by atoms with Gasteiger partial charge in [-0.2, -0.15) is 6.08 Å². The van der Waals surface area contributed by atoms with Crippen molar-refractivity contribution >= 4 is 5.57 Å². The number of rotatable bonds is 4. The van der Waals surface area contributed by atoms with Crippen molar-refractivity contribution in [1.29, 1.82) is 0 Å². The number of aryl methyl sites for hydroxylation is 2. The zero-order chi connectivity index (χ0) is 39.8. The number of halogens is 2. The summed E-state index contributed by atoms with van der Waals surface area (Å²) in [4.78, 5) is 0. The maximum absolute atomic E-state index is 2.78. The minimum atomic E-state index is -0.263. The Balaban J connectivity index is 0.00000214. The van der Waals surface area contributed by atoms with Crippen molar-refractivity contribution in [2.75, 3.05) is 0 Å². The number of fused-ring (bicyclic) bond motifs is 8. The molecule has 8 atom stereocenters. The summed E-state index contributed by atoms with van der Waals surface area (Å²) in [5, 5.41) is 0. The molecular formula is C55H65Cl2Zr. The first-order chi connectivity index (χ1) is 25.7. The Morgan fingerprint density at radius 2 is 1.09 bits per heavy atom. The Morgan fingerprint density at radius 3 is 1.55 bits per heavy atom. The molecule has 8 unspecified atom stereocenters. The Hall–Kier alpha value is -2.57. The second kappa shape index (κ2) is 14.8. The molecule has 2 aromatic rings. The summed E-state index contributed by atoms with van der Waals surface area (Å²) in [5.41, 5.74) is 14.0. The van der Waals surface area contributed by atoms with E-state index in [1.807, 2.05) is 0 Å². The SMILES string of the molecule is CCC1C=C(C(C)(C)C)C=C1C1=C(C)C2(C)C(=CC1=C(c1ccc(C)cc1)c1ccc(C)cc1)[CH-]C1(C)C3(C)C=CC=CC3(C)C3(C)C=CC=CC3(C)C21C.[Cl-].[Cl-].[Zr+3]. The third-order valence-electron chi connectivity index (χ3n) is 17.7. The molecular weight excluding hydrogens is 823 g/mol. The largest absolute Gasteiger partial charge is 3.00 e. The standard InChI is InChI=1S/C55H65.2ClH.Zr/c1-15-39-32-42(48(5,6)7)33-44(39)46-38(4)54(13)43(34-45(46)47(40-24-20-36(2)21-25-40)41-26-22-37(3)23-27-41)35-53(12)51(10)30-17-16-28-49(51,8)50(9)29-18-19-31-52(50,11)55(53,54)14;;;/h16-35,39H,15H2,1-14H3;2*1H;/q-1;;;+3/p-2. The van der Waals surface area contributed by atoms with Gasteiger partial charge in [0.25, 0.3) is 0 Å². The quantitative estimate of drug-likeness (QED) is 0.270. The van der Waals surface area contributed by atoms with Crippen molar-refractivity contribution in [3.8, 4) is 0 Å². The average molecular weight is 888 g/mol. The van der Waals surface area contributed by atoms with Crippen molar-refractivity contribution < 1.29 is 51.0 Å². The monoisotopic (exact) mass is 885 g/mol. The zero-order valence-electron chi connectivity index (χ0n) is 37.6. The van der Waals surface area contributed by atoms with Gasteiger partial charge in [-0.05, 0) is 82.3 Å². The number of hydrogen-bond acceptors (Lipinski definition) is 0. The Morgan fingerprint density at radius 1 is 0.638 bits per heavy atom. The van der Waals surface area contributed by atoms with Crippen LogP contribution >= 0.6 is 0 Å². The fourth-order valence-electron chi connectivity index (χ4n) is 13.3. The van der Waals surface area contributed by atoms with Gasteiger partial charge in [0, 0.05) is 22.2 Å². The second-order valence-corrected chi connectivity index (χ2v) is 20.4. The molecule has 0 bridgehead atoms. The molecule has 58 heavy (non-hydrogen) atoms. The van der Waals surface area contributed by atoms with E-state index in [4.69, 9.17) is 0 Å². The molecule has 0 N–H and O–H groups in total.